The molecular formula is C28H27ClN4O4. The molecule has 9 heteroatoms. The average Bonchev–Trinajstić information content (AvgIpc) is 3.52. The first kappa shape index (κ1) is 24.6. The van der Waals surface area contributed by atoms with Gasteiger partial charge in [0.05, 0.1) is 16.2 Å². The van der Waals surface area contributed by atoms with Gasteiger partial charge in [0, 0.05) is 30.6 Å². The molecule has 0 radical (unpaired) electrons. The highest BCUT2D eigenvalue weighted by molar-refractivity contribution is 6.35. The van der Waals surface area contributed by atoms with Crippen LogP contribution in [0.1, 0.15) is 18.2 Å². The summed E-state index contributed by atoms with van der Waals surface area (Å²) in [6.45, 7) is 2.11. The molecule has 5 rings (SSSR count). The first-order valence-electron chi connectivity index (χ1n) is 12.1. The molecule has 1 atom stereocenters. The Balaban J connectivity index is 1.38. The van der Waals surface area contributed by atoms with Crippen LogP contribution < -0.4 is 19.7 Å². The van der Waals surface area contributed by atoms with Crippen LogP contribution in [0.3, 0.4) is 0 Å². The number of benzene rings is 3. The van der Waals surface area contributed by atoms with Crippen molar-refractivity contribution in [1.29, 1.82) is 0 Å². The Bertz CT molecular complexity index is 1450. The van der Waals surface area contributed by atoms with Crippen LogP contribution in [0.25, 0.3) is 10.9 Å². The second kappa shape index (κ2) is 10.5. The number of carbonyl (C=O) groups is 2. The second-order valence-corrected chi connectivity index (χ2v) is 9.24. The van der Waals surface area contributed by atoms with E-state index in [0.29, 0.717) is 35.1 Å². The molecule has 0 bridgehead atoms. The molecule has 2 heterocycles. The zero-order valence-electron chi connectivity index (χ0n) is 20.6. The number of nitrogens with zero attached hydrogens (tertiary/aromatic N) is 3. The molecule has 2 amide bonds. The Morgan fingerprint density at radius 3 is 2.65 bits per heavy atom. The number of halogens is 1. The van der Waals surface area contributed by atoms with Crippen molar-refractivity contribution < 1.29 is 19.1 Å². The molecule has 1 N–H and O–H groups in total. The normalized spacial score (nSPS) is 12.9. The molecule has 0 aliphatic carbocycles. The maximum absolute atomic E-state index is 13.6. The van der Waals surface area contributed by atoms with E-state index in [-0.39, 0.29) is 25.2 Å². The van der Waals surface area contributed by atoms with E-state index in [1.165, 1.54) is 4.90 Å². The van der Waals surface area contributed by atoms with Crippen molar-refractivity contribution in [2.75, 3.05) is 18.7 Å². The minimum absolute atomic E-state index is 0.0385. The maximum Gasteiger partial charge on any atom is 0.249 e. The van der Waals surface area contributed by atoms with Crippen molar-refractivity contribution in [1.82, 2.24) is 15.1 Å². The van der Waals surface area contributed by atoms with Gasteiger partial charge in [-0.3, -0.25) is 14.3 Å². The van der Waals surface area contributed by atoms with Gasteiger partial charge in [-0.25, -0.2) is 0 Å². The quantitative estimate of drug-likeness (QED) is 0.374. The SMILES string of the molecule is CCc1nn(CC(=O)N[C@@H](Cc2ccccc2)C(=O)N(C)c2ccc3c(c2)OCO3)c2cccc(Cl)c12. The van der Waals surface area contributed by atoms with E-state index in [4.69, 9.17) is 21.1 Å². The lowest BCUT2D eigenvalue weighted by Crippen LogP contribution is -2.49. The minimum Gasteiger partial charge on any atom is -0.454 e. The summed E-state index contributed by atoms with van der Waals surface area (Å²) >= 11 is 6.41. The number of aryl methyl sites for hydroxylation is 1. The summed E-state index contributed by atoms with van der Waals surface area (Å²) in [5.41, 5.74) is 3.18. The zero-order valence-corrected chi connectivity index (χ0v) is 21.4. The van der Waals surface area contributed by atoms with Crippen molar-refractivity contribution in [2.45, 2.75) is 32.4 Å². The maximum atomic E-state index is 13.6. The molecular weight excluding hydrogens is 492 g/mol. The molecule has 0 saturated heterocycles. The molecule has 8 nitrogen and oxygen atoms in total. The van der Waals surface area contributed by atoms with Gasteiger partial charge in [0.1, 0.15) is 12.6 Å². The van der Waals surface area contributed by atoms with Crippen molar-refractivity contribution in [3.63, 3.8) is 0 Å². The van der Waals surface area contributed by atoms with Gasteiger partial charge in [-0.1, -0.05) is 54.9 Å². The van der Waals surface area contributed by atoms with Gasteiger partial charge in [-0.2, -0.15) is 5.10 Å². The van der Waals surface area contributed by atoms with Gasteiger partial charge < -0.3 is 19.7 Å². The summed E-state index contributed by atoms with van der Waals surface area (Å²) in [6, 6.07) is 19.7. The fourth-order valence-corrected chi connectivity index (χ4v) is 4.79. The number of hydrogen-bond acceptors (Lipinski definition) is 5. The lowest BCUT2D eigenvalue weighted by Gasteiger charge is -2.25. The average molecular weight is 519 g/mol. The molecule has 1 aliphatic heterocycles. The zero-order chi connectivity index (χ0) is 25.9. The highest BCUT2D eigenvalue weighted by Gasteiger charge is 2.27. The Morgan fingerprint density at radius 2 is 1.86 bits per heavy atom. The van der Waals surface area contributed by atoms with Crippen molar-refractivity contribution in [3.8, 4) is 11.5 Å². The molecule has 190 valence electrons. The number of ether oxygens (including phenoxy) is 2. The number of likely N-dealkylation sites (N-methyl/N-ethyl adjacent to an activating group) is 1. The van der Waals surface area contributed by atoms with Gasteiger partial charge in [0.2, 0.25) is 18.6 Å². The minimum atomic E-state index is -0.790. The Kier molecular flexibility index (Phi) is 7.01. The third-order valence-electron chi connectivity index (χ3n) is 6.42. The molecule has 3 aromatic carbocycles. The molecule has 0 fully saturated rings. The van der Waals surface area contributed by atoms with Crippen molar-refractivity contribution in [3.05, 3.63) is 83.0 Å². The Labute approximate surface area is 219 Å². The summed E-state index contributed by atoms with van der Waals surface area (Å²) in [7, 11) is 1.68. The van der Waals surface area contributed by atoms with E-state index in [1.54, 1.807) is 29.9 Å². The fraction of sp³-hybridized carbons (Fsp3) is 0.250. The van der Waals surface area contributed by atoms with Crippen LogP contribution in [-0.4, -0.2) is 41.5 Å². The standard InChI is InChI=1S/C28H27ClN4O4/c1-3-21-27-20(29)10-7-11-23(27)33(31-21)16-26(34)30-22(14-18-8-5-4-6-9-18)28(35)32(2)19-12-13-24-25(15-19)37-17-36-24/h4-13,15,22H,3,14,16-17H2,1-2H3,(H,30,34)/t22-/m0/s1. The summed E-state index contributed by atoms with van der Waals surface area (Å²) < 4.78 is 12.5. The number of hydrogen-bond donors (Lipinski definition) is 1. The molecule has 37 heavy (non-hydrogen) atoms. The van der Waals surface area contributed by atoms with Crippen LogP contribution in [0.5, 0.6) is 11.5 Å². The van der Waals surface area contributed by atoms with E-state index in [0.717, 1.165) is 22.2 Å². The summed E-state index contributed by atoms with van der Waals surface area (Å²) in [5, 5.41) is 9.00. The van der Waals surface area contributed by atoms with E-state index < -0.39 is 6.04 Å². The number of rotatable bonds is 8. The monoisotopic (exact) mass is 518 g/mol. The molecule has 0 saturated carbocycles. The number of fused-ring (bicyclic) bond motifs is 2. The number of nitrogens with one attached hydrogen (secondary N) is 1. The largest absolute Gasteiger partial charge is 0.454 e. The topological polar surface area (TPSA) is 85.7 Å². The van der Waals surface area contributed by atoms with Gasteiger partial charge in [-0.15, -0.1) is 0 Å². The highest BCUT2D eigenvalue weighted by atomic mass is 35.5. The van der Waals surface area contributed by atoms with Crippen LogP contribution in [0.2, 0.25) is 5.02 Å². The summed E-state index contributed by atoms with van der Waals surface area (Å²) in [5.74, 6) is 0.646. The lowest BCUT2D eigenvalue weighted by atomic mass is 10.0. The third kappa shape index (κ3) is 5.11. The predicted octanol–water partition coefficient (Wildman–Crippen LogP) is 4.37. The molecule has 4 aromatic rings. The summed E-state index contributed by atoms with van der Waals surface area (Å²) in [4.78, 5) is 28.4. The van der Waals surface area contributed by atoms with Crippen LogP contribution >= 0.6 is 11.6 Å². The first-order chi connectivity index (χ1) is 17.9. The van der Waals surface area contributed by atoms with Crippen LogP contribution in [0.15, 0.2) is 66.7 Å². The van der Waals surface area contributed by atoms with Gasteiger partial charge >= 0.3 is 0 Å². The predicted molar refractivity (Wildman–Crippen MR) is 142 cm³/mol. The third-order valence-corrected chi connectivity index (χ3v) is 6.73. The van der Waals surface area contributed by atoms with Gasteiger partial charge in [0.15, 0.2) is 11.5 Å². The van der Waals surface area contributed by atoms with Crippen LogP contribution in [0, 0.1) is 0 Å². The molecule has 0 spiro atoms. The van der Waals surface area contributed by atoms with Crippen LogP contribution in [-0.2, 0) is 29.0 Å². The second-order valence-electron chi connectivity index (χ2n) is 8.84. The molecule has 0 unspecified atom stereocenters. The molecule has 1 aromatic heterocycles. The highest BCUT2D eigenvalue weighted by Crippen LogP contribution is 2.35. The number of carbonyl (C=O) groups excluding carboxylic acids is 2. The van der Waals surface area contributed by atoms with Crippen molar-refractivity contribution >= 4 is 40.0 Å². The van der Waals surface area contributed by atoms with E-state index in [9.17, 15) is 9.59 Å². The van der Waals surface area contributed by atoms with Gasteiger partial charge in [0.25, 0.3) is 0 Å². The fourth-order valence-electron chi connectivity index (χ4n) is 4.51. The lowest BCUT2D eigenvalue weighted by molar-refractivity contribution is -0.127. The smallest absolute Gasteiger partial charge is 0.249 e. The molecule has 1 aliphatic rings. The van der Waals surface area contributed by atoms with E-state index >= 15 is 0 Å². The number of amides is 2. The van der Waals surface area contributed by atoms with Gasteiger partial charge in [-0.05, 0) is 36.2 Å². The Hall–Kier alpha value is -4.04. The van der Waals surface area contributed by atoms with Crippen molar-refractivity contribution in [2.24, 2.45) is 0 Å². The summed E-state index contributed by atoms with van der Waals surface area (Å²) in [6.07, 6.45) is 1.02. The van der Waals surface area contributed by atoms with Crippen LogP contribution in [0.4, 0.5) is 5.69 Å². The van der Waals surface area contributed by atoms with E-state index in [1.807, 2.05) is 55.5 Å². The Morgan fingerprint density at radius 1 is 1.08 bits per heavy atom. The first-order valence-corrected chi connectivity index (χ1v) is 12.5. The van der Waals surface area contributed by atoms with E-state index in [2.05, 4.69) is 10.4 Å². The number of aromatic nitrogens is 2. The number of anilines is 1.